The number of thioether (sulfide) groups is 1. The van der Waals surface area contributed by atoms with Crippen molar-refractivity contribution < 1.29 is 18.7 Å². The average molecular weight is 476 g/mol. The molecule has 7 nitrogen and oxygen atoms in total. The first kappa shape index (κ1) is 22.3. The van der Waals surface area contributed by atoms with Crippen molar-refractivity contribution in [3.8, 4) is 23.0 Å². The number of rotatable bonds is 7. The molecule has 0 bridgehead atoms. The van der Waals surface area contributed by atoms with Crippen LogP contribution in [-0.4, -0.2) is 39.0 Å². The Morgan fingerprint density at radius 2 is 1.82 bits per heavy atom. The second kappa shape index (κ2) is 9.38. The van der Waals surface area contributed by atoms with Crippen LogP contribution < -0.4 is 9.47 Å². The van der Waals surface area contributed by atoms with E-state index in [1.165, 1.54) is 11.8 Å². The Labute approximate surface area is 202 Å². The molecule has 1 aliphatic heterocycles. The van der Waals surface area contributed by atoms with Gasteiger partial charge in [-0.05, 0) is 50.6 Å². The molecule has 0 fully saturated rings. The molecule has 0 aliphatic carbocycles. The van der Waals surface area contributed by atoms with E-state index in [1.807, 2.05) is 75.4 Å². The summed E-state index contributed by atoms with van der Waals surface area (Å²) in [5.41, 5.74) is 4.57. The van der Waals surface area contributed by atoms with Crippen LogP contribution in [0.25, 0.3) is 11.5 Å². The van der Waals surface area contributed by atoms with Crippen LogP contribution in [0.2, 0.25) is 0 Å². The summed E-state index contributed by atoms with van der Waals surface area (Å²) in [4.78, 5) is 13.0. The molecule has 1 unspecified atom stereocenters. The number of ketones is 1. The van der Waals surface area contributed by atoms with Crippen LogP contribution in [0.15, 0.2) is 64.2 Å². The van der Waals surface area contributed by atoms with E-state index in [0.29, 0.717) is 29.8 Å². The SMILES string of the molecule is Cc1ccccc1-c1nnc(SCC(=O)c2cc(C)n(CC3COc4ccccc4O3)c2C)o1. The Bertz CT molecular complexity index is 1340. The van der Waals surface area contributed by atoms with Gasteiger partial charge in [-0.1, -0.05) is 42.1 Å². The molecular formula is C26H25N3O4S. The molecule has 0 saturated heterocycles. The fourth-order valence-electron chi connectivity index (χ4n) is 4.12. The van der Waals surface area contributed by atoms with Crippen molar-refractivity contribution in [1.29, 1.82) is 0 Å². The first-order valence-corrected chi connectivity index (χ1v) is 12.1. The summed E-state index contributed by atoms with van der Waals surface area (Å²) in [5.74, 6) is 2.21. The highest BCUT2D eigenvalue weighted by Crippen LogP contribution is 2.32. The summed E-state index contributed by atoms with van der Waals surface area (Å²) < 4.78 is 19.8. The minimum Gasteiger partial charge on any atom is -0.486 e. The number of nitrogens with zero attached hydrogens (tertiary/aromatic N) is 3. The average Bonchev–Trinajstić information content (AvgIpc) is 3.43. The molecule has 1 aliphatic rings. The quantitative estimate of drug-likeness (QED) is 0.266. The predicted octanol–water partition coefficient (Wildman–Crippen LogP) is 5.28. The zero-order valence-electron chi connectivity index (χ0n) is 19.3. The molecule has 1 atom stereocenters. The first-order chi connectivity index (χ1) is 16.5. The van der Waals surface area contributed by atoms with Crippen molar-refractivity contribution >= 4 is 17.5 Å². The number of hydrogen-bond donors (Lipinski definition) is 0. The van der Waals surface area contributed by atoms with E-state index < -0.39 is 0 Å². The predicted molar refractivity (Wildman–Crippen MR) is 130 cm³/mol. The van der Waals surface area contributed by atoms with Gasteiger partial charge in [-0.2, -0.15) is 0 Å². The van der Waals surface area contributed by atoms with Crippen LogP contribution in [0, 0.1) is 20.8 Å². The van der Waals surface area contributed by atoms with Gasteiger partial charge in [-0.25, -0.2) is 0 Å². The molecule has 0 radical (unpaired) electrons. The number of carbonyl (C=O) groups is 1. The highest BCUT2D eigenvalue weighted by molar-refractivity contribution is 7.99. The van der Waals surface area contributed by atoms with Crippen LogP contribution in [-0.2, 0) is 6.54 Å². The van der Waals surface area contributed by atoms with Crippen molar-refractivity contribution in [3.05, 3.63) is 77.1 Å². The van der Waals surface area contributed by atoms with E-state index in [0.717, 1.165) is 34.0 Å². The number of aromatic nitrogens is 3. The maximum Gasteiger partial charge on any atom is 0.277 e. The molecule has 0 saturated carbocycles. The molecule has 0 spiro atoms. The molecule has 2 aromatic carbocycles. The van der Waals surface area contributed by atoms with E-state index in [2.05, 4.69) is 14.8 Å². The largest absolute Gasteiger partial charge is 0.486 e. The van der Waals surface area contributed by atoms with E-state index in [1.54, 1.807) is 0 Å². The number of fused-ring (bicyclic) bond motifs is 1. The van der Waals surface area contributed by atoms with Gasteiger partial charge in [0, 0.05) is 22.5 Å². The Kier molecular flexibility index (Phi) is 6.15. The van der Waals surface area contributed by atoms with Crippen molar-refractivity contribution in [3.63, 3.8) is 0 Å². The summed E-state index contributed by atoms with van der Waals surface area (Å²) in [5, 5.41) is 8.62. The Hall–Kier alpha value is -3.52. The van der Waals surface area contributed by atoms with Gasteiger partial charge >= 0.3 is 0 Å². The minimum absolute atomic E-state index is 0.0196. The Balaban J connectivity index is 1.24. The first-order valence-electron chi connectivity index (χ1n) is 11.1. The summed E-state index contributed by atoms with van der Waals surface area (Å²) in [7, 11) is 0. The van der Waals surface area contributed by atoms with Crippen LogP contribution in [0.5, 0.6) is 11.5 Å². The van der Waals surface area contributed by atoms with Crippen molar-refractivity contribution in [2.45, 2.75) is 38.6 Å². The van der Waals surface area contributed by atoms with Crippen molar-refractivity contribution in [1.82, 2.24) is 14.8 Å². The monoisotopic (exact) mass is 475 g/mol. The summed E-state index contributed by atoms with van der Waals surface area (Å²) in [6, 6.07) is 17.4. The van der Waals surface area contributed by atoms with Gasteiger partial charge in [-0.15, -0.1) is 10.2 Å². The van der Waals surface area contributed by atoms with Gasteiger partial charge in [-0.3, -0.25) is 4.79 Å². The molecule has 5 rings (SSSR count). The topological polar surface area (TPSA) is 79.4 Å². The number of hydrogen-bond acceptors (Lipinski definition) is 7. The number of ether oxygens (including phenoxy) is 2. The lowest BCUT2D eigenvalue weighted by Gasteiger charge is -2.27. The van der Waals surface area contributed by atoms with Crippen molar-refractivity contribution in [2.24, 2.45) is 0 Å². The molecule has 2 aromatic heterocycles. The van der Waals surface area contributed by atoms with E-state index in [4.69, 9.17) is 13.9 Å². The zero-order chi connectivity index (χ0) is 23.7. The minimum atomic E-state index is -0.129. The molecule has 4 aromatic rings. The lowest BCUT2D eigenvalue weighted by atomic mass is 10.1. The van der Waals surface area contributed by atoms with Crippen LogP contribution >= 0.6 is 11.8 Å². The zero-order valence-corrected chi connectivity index (χ0v) is 20.1. The smallest absolute Gasteiger partial charge is 0.277 e. The molecule has 34 heavy (non-hydrogen) atoms. The highest BCUT2D eigenvalue weighted by Gasteiger charge is 2.24. The Morgan fingerprint density at radius 1 is 1.06 bits per heavy atom. The maximum absolute atomic E-state index is 13.0. The second-order valence-corrected chi connectivity index (χ2v) is 9.22. The summed E-state index contributed by atoms with van der Waals surface area (Å²) >= 11 is 1.25. The molecule has 0 N–H and O–H groups in total. The van der Waals surface area contributed by atoms with Crippen LogP contribution in [0.1, 0.15) is 27.3 Å². The molecule has 174 valence electrons. The third-order valence-corrected chi connectivity index (χ3v) is 6.75. The van der Waals surface area contributed by atoms with Gasteiger partial charge < -0.3 is 18.5 Å². The molecule has 8 heteroatoms. The van der Waals surface area contributed by atoms with Crippen molar-refractivity contribution in [2.75, 3.05) is 12.4 Å². The summed E-state index contributed by atoms with van der Waals surface area (Å²) in [6.07, 6.45) is -0.129. The number of aryl methyl sites for hydroxylation is 2. The highest BCUT2D eigenvalue weighted by atomic mass is 32.2. The standard InChI is InChI=1S/C26H25N3O4S/c1-16-8-4-5-9-20(16)25-27-28-26(33-25)34-15-22(30)21-12-17(2)29(18(21)3)13-19-14-31-23-10-6-7-11-24(23)32-19/h4-12,19H,13-15H2,1-3H3. The third kappa shape index (κ3) is 4.46. The molecule has 0 amide bonds. The van der Waals surface area contributed by atoms with Crippen LogP contribution in [0.3, 0.4) is 0 Å². The second-order valence-electron chi connectivity index (χ2n) is 8.29. The summed E-state index contributed by atoms with van der Waals surface area (Å²) in [6.45, 7) is 7.03. The molecule has 3 heterocycles. The Morgan fingerprint density at radius 3 is 2.65 bits per heavy atom. The lowest BCUT2D eigenvalue weighted by Crippen LogP contribution is -2.33. The maximum atomic E-state index is 13.0. The van der Waals surface area contributed by atoms with E-state index in [9.17, 15) is 4.79 Å². The number of benzene rings is 2. The van der Waals surface area contributed by atoms with Gasteiger partial charge in [0.2, 0.25) is 5.89 Å². The van der Waals surface area contributed by atoms with Gasteiger partial charge in [0.1, 0.15) is 6.61 Å². The van der Waals surface area contributed by atoms with Gasteiger partial charge in [0.05, 0.1) is 12.3 Å². The number of carbonyl (C=O) groups excluding carboxylic acids is 1. The fraction of sp³-hybridized carbons (Fsp3) is 0.269. The van der Waals surface area contributed by atoms with E-state index in [-0.39, 0.29) is 17.6 Å². The van der Waals surface area contributed by atoms with E-state index >= 15 is 0 Å². The molecular weight excluding hydrogens is 450 g/mol. The third-order valence-electron chi connectivity index (χ3n) is 5.94. The van der Waals surface area contributed by atoms with Crippen LogP contribution in [0.4, 0.5) is 0 Å². The lowest BCUT2D eigenvalue weighted by molar-refractivity contribution is 0.0777. The normalized spacial score (nSPS) is 14.9. The number of para-hydroxylation sites is 2. The van der Waals surface area contributed by atoms with Gasteiger partial charge in [0.15, 0.2) is 23.4 Å². The number of Topliss-reactive ketones (excluding diaryl/α,β-unsaturated/α-hetero) is 1. The fourth-order valence-corrected chi connectivity index (χ4v) is 4.76. The van der Waals surface area contributed by atoms with Gasteiger partial charge in [0.25, 0.3) is 5.22 Å².